The maximum Gasteiger partial charge on any atom is 0.282 e. The van der Waals surface area contributed by atoms with Crippen LogP contribution < -0.4 is 20.3 Å². The average Bonchev–Trinajstić information content (AvgIpc) is 2.88. The number of nitrogens with one attached hydrogen (secondary N) is 1. The van der Waals surface area contributed by atoms with Crippen molar-refractivity contribution in [3.05, 3.63) is 92.4 Å². The van der Waals surface area contributed by atoms with Gasteiger partial charge >= 0.3 is 0 Å². The molecule has 0 atom stereocenters. The van der Waals surface area contributed by atoms with E-state index in [-0.39, 0.29) is 24.0 Å². The third-order valence-electron chi connectivity index (χ3n) is 5.66. The number of carbonyl (C=O) groups excluding carboxylic acids is 1. The number of aromatic nitrogens is 2. The molecule has 37 heavy (non-hydrogen) atoms. The zero-order valence-electron chi connectivity index (χ0n) is 21.0. The molecular weight excluding hydrogens is 536 g/mol. The normalized spacial score (nSPS) is 11.3. The summed E-state index contributed by atoms with van der Waals surface area (Å²) in [5.41, 5.74) is 2.53. The van der Waals surface area contributed by atoms with Crippen LogP contribution in [0.4, 0.5) is 5.69 Å². The molecule has 0 radical (unpaired) electrons. The topological polar surface area (TPSA) is 94.8 Å². The van der Waals surface area contributed by atoms with Crippen LogP contribution in [0.15, 0.2) is 75.0 Å². The van der Waals surface area contributed by atoms with Crippen LogP contribution in [-0.4, -0.2) is 35.5 Å². The number of rotatable bonds is 8. The summed E-state index contributed by atoms with van der Waals surface area (Å²) >= 11 is 3.42. The Hall–Kier alpha value is -3.98. The summed E-state index contributed by atoms with van der Waals surface area (Å²) in [6, 6.07) is 18.2. The Bertz CT molecular complexity index is 1550. The van der Waals surface area contributed by atoms with Crippen molar-refractivity contribution in [2.45, 2.75) is 26.7 Å². The maximum atomic E-state index is 13.3. The van der Waals surface area contributed by atoms with Gasteiger partial charge in [0, 0.05) is 21.6 Å². The first-order valence-electron chi connectivity index (χ1n) is 11.7. The van der Waals surface area contributed by atoms with Gasteiger partial charge < -0.3 is 14.8 Å². The molecule has 8 nitrogen and oxygen atoms in total. The first-order valence-corrected chi connectivity index (χ1v) is 12.5. The van der Waals surface area contributed by atoms with Crippen LogP contribution in [0.5, 0.6) is 11.5 Å². The predicted octanol–water partition coefficient (Wildman–Crippen LogP) is 5.50. The largest absolute Gasteiger partial charge is 0.493 e. The summed E-state index contributed by atoms with van der Waals surface area (Å²) in [4.78, 5) is 30.6. The van der Waals surface area contributed by atoms with Gasteiger partial charge in [-0.25, -0.2) is 4.98 Å². The Balaban J connectivity index is 1.66. The van der Waals surface area contributed by atoms with E-state index in [0.717, 1.165) is 10.0 Å². The van der Waals surface area contributed by atoms with E-state index in [4.69, 9.17) is 9.47 Å². The van der Waals surface area contributed by atoms with Crippen molar-refractivity contribution < 1.29 is 14.3 Å². The number of hydrogen-bond acceptors (Lipinski definition) is 6. The molecule has 0 saturated carbocycles. The summed E-state index contributed by atoms with van der Waals surface area (Å²) in [5.74, 6) is 0.933. The number of nitrogens with zero attached hydrogens (tertiary/aromatic N) is 3. The van der Waals surface area contributed by atoms with Crippen LogP contribution in [0.3, 0.4) is 0 Å². The molecule has 0 aliphatic rings. The first kappa shape index (κ1) is 26.1. The third-order valence-corrected chi connectivity index (χ3v) is 6.15. The molecule has 0 aliphatic heterocycles. The fraction of sp³-hybridized carbons (Fsp3) is 0.214. The monoisotopic (exact) mass is 562 g/mol. The van der Waals surface area contributed by atoms with Gasteiger partial charge in [-0.1, -0.05) is 54.0 Å². The Kier molecular flexibility index (Phi) is 8.03. The molecule has 0 unspecified atom stereocenters. The van der Waals surface area contributed by atoms with E-state index >= 15 is 0 Å². The number of benzene rings is 3. The first-order chi connectivity index (χ1) is 17.8. The number of halogens is 1. The molecule has 0 spiro atoms. The lowest BCUT2D eigenvalue weighted by Crippen LogP contribution is -2.23. The average molecular weight is 563 g/mol. The van der Waals surface area contributed by atoms with Crippen LogP contribution in [-0.2, 0) is 4.79 Å². The number of fused-ring (bicyclic) bond motifs is 1. The molecule has 9 heteroatoms. The highest BCUT2D eigenvalue weighted by atomic mass is 79.9. The fourth-order valence-corrected chi connectivity index (χ4v) is 4.12. The number of aryl methyl sites for hydroxylation is 1. The number of methoxy groups -OCH3 is 1. The van der Waals surface area contributed by atoms with Gasteiger partial charge in [0.1, 0.15) is 5.82 Å². The van der Waals surface area contributed by atoms with Gasteiger partial charge in [0.25, 0.3) is 11.5 Å². The SMILES string of the molecule is COc1cccc(C=Nn2c(C(C)C)nc3ccc(Br)cc3c2=O)c1OCC(=O)Nc1ccccc1C. The van der Waals surface area contributed by atoms with Gasteiger partial charge in [-0.15, -0.1) is 0 Å². The van der Waals surface area contributed by atoms with E-state index in [2.05, 4.69) is 31.3 Å². The second-order valence-electron chi connectivity index (χ2n) is 8.68. The van der Waals surface area contributed by atoms with Crippen molar-refractivity contribution in [3.8, 4) is 11.5 Å². The van der Waals surface area contributed by atoms with Crippen molar-refractivity contribution >= 4 is 44.6 Å². The maximum absolute atomic E-state index is 13.3. The molecule has 1 aromatic heterocycles. The molecule has 190 valence electrons. The van der Waals surface area contributed by atoms with Crippen LogP contribution in [0.2, 0.25) is 0 Å². The molecule has 0 saturated heterocycles. The van der Waals surface area contributed by atoms with Crippen LogP contribution in [0, 0.1) is 6.92 Å². The second kappa shape index (κ2) is 11.4. The predicted molar refractivity (Wildman–Crippen MR) is 149 cm³/mol. The van der Waals surface area contributed by atoms with E-state index in [1.165, 1.54) is 18.0 Å². The summed E-state index contributed by atoms with van der Waals surface area (Å²) in [6.07, 6.45) is 1.51. The lowest BCUT2D eigenvalue weighted by molar-refractivity contribution is -0.118. The highest BCUT2D eigenvalue weighted by molar-refractivity contribution is 9.10. The Morgan fingerprint density at radius 2 is 1.95 bits per heavy atom. The number of hydrogen-bond donors (Lipinski definition) is 1. The summed E-state index contributed by atoms with van der Waals surface area (Å²) in [5, 5.41) is 7.78. The number of ether oxygens (including phenoxy) is 2. The van der Waals surface area contributed by atoms with Crippen LogP contribution in [0.1, 0.15) is 36.7 Å². The van der Waals surface area contributed by atoms with E-state index in [1.807, 2.05) is 51.1 Å². The smallest absolute Gasteiger partial charge is 0.282 e. The minimum Gasteiger partial charge on any atom is -0.493 e. The van der Waals surface area contributed by atoms with E-state index in [0.29, 0.717) is 39.5 Å². The molecule has 1 N–H and O–H groups in total. The highest BCUT2D eigenvalue weighted by Gasteiger charge is 2.16. The Morgan fingerprint density at radius 3 is 2.68 bits per heavy atom. The molecule has 4 aromatic rings. The van der Waals surface area contributed by atoms with Crippen molar-refractivity contribution in [2.75, 3.05) is 19.0 Å². The zero-order chi connectivity index (χ0) is 26.5. The summed E-state index contributed by atoms with van der Waals surface area (Å²) in [6.45, 7) is 5.58. The molecule has 0 aliphatic carbocycles. The molecule has 4 rings (SSSR count). The third kappa shape index (κ3) is 5.89. The molecular formula is C28H27BrN4O4. The van der Waals surface area contributed by atoms with Gasteiger partial charge in [0.15, 0.2) is 18.1 Å². The van der Waals surface area contributed by atoms with Crippen LogP contribution in [0.25, 0.3) is 10.9 Å². The summed E-state index contributed by atoms with van der Waals surface area (Å²) < 4.78 is 13.4. The van der Waals surface area contributed by atoms with E-state index in [9.17, 15) is 9.59 Å². The van der Waals surface area contributed by atoms with Crippen LogP contribution >= 0.6 is 15.9 Å². The van der Waals surface area contributed by atoms with Gasteiger partial charge in [-0.05, 0) is 48.9 Å². The van der Waals surface area contributed by atoms with Gasteiger partial charge in [0.05, 0.1) is 24.2 Å². The lowest BCUT2D eigenvalue weighted by Gasteiger charge is -2.14. The molecule has 3 aromatic carbocycles. The quantitative estimate of drug-likeness (QED) is 0.286. The Labute approximate surface area is 223 Å². The van der Waals surface area contributed by atoms with Gasteiger partial charge in [0.2, 0.25) is 0 Å². The standard InChI is InChI=1S/C28H27BrN4O4/c1-17(2)27-32-23-13-12-20(29)14-21(23)28(35)33(27)30-15-19-9-7-11-24(36-4)26(19)37-16-25(34)31-22-10-6-5-8-18(22)3/h5-15,17H,16H2,1-4H3,(H,31,34). The number of carbonyl (C=O) groups is 1. The van der Waals surface area contributed by atoms with Crippen molar-refractivity contribution in [1.82, 2.24) is 9.66 Å². The van der Waals surface area contributed by atoms with E-state index < -0.39 is 0 Å². The molecule has 1 heterocycles. The highest BCUT2D eigenvalue weighted by Crippen LogP contribution is 2.30. The minimum atomic E-state index is -0.314. The molecule has 0 bridgehead atoms. The Morgan fingerprint density at radius 1 is 1.16 bits per heavy atom. The summed E-state index contributed by atoms with van der Waals surface area (Å²) in [7, 11) is 1.52. The van der Waals surface area contributed by atoms with Crippen molar-refractivity contribution in [2.24, 2.45) is 5.10 Å². The lowest BCUT2D eigenvalue weighted by atomic mass is 10.2. The van der Waals surface area contributed by atoms with E-state index in [1.54, 1.807) is 30.3 Å². The number of anilines is 1. The molecule has 0 fully saturated rings. The number of amides is 1. The fourth-order valence-electron chi connectivity index (χ4n) is 3.76. The van der Waals surface area contributed by atoms with Crippen molar-refractivity contribution in [3.63, 3.8) is 0 Å². The van der Waals surface area contributed by atoms with Gasteiger partial charge in [-0.2, -0.15) is 9.78 Å². The zero-order valence-corrected chi connectivity index (χ0v) is 22.6. The van der Waals surface area contributed by atoms with Gasteiger partial charge in [-0.3, -0.25) is 9.59 Å². The molecule has 1 amide bonds. The van der Waals surface area contributed by atoms with Crippen molar-refractivity contribution in [1.29, 1.82) is 0 Å². The second-order valence-corrected chi connectivity index (χ2v) is 9.59. The minimum absolute atomic E-state index is 0.0518. The number of para-hydroxylation sites is 2.